The monoisotopic (exact) mass is 400 g/mol. The van der Waals surface area contributed by atoms with E-state index in [0.29, 0.717) is 13.2 Å². The third kappa shape index (κ3) is 4.30. The van der Waals surface area contributed by atoms with Gasteiger partial charge in [-0.25, -0.2) is 4.98 Å². The first-order valence-corrected chi connectivity index (χ1v) is 9.86. The molecule has 5 heteroatoms. The fourth-order valence-electron chi connectivity index (χ4n) is 3.37. The van der Waals surface area contributed by atoms with Crippen molar-refractivity contribution in [3.05, 3.63) is 90.7 Å². The maximum absolute atomic E-state index is 6.05. The van der Waals surface area contributed by atoms with Crippen molar-refractivity contribution in [1.29, 1.82) is 0 Å². The summed E-state index contributed by atoms with van der Waals surface area (Å²) in [6, 6.07) is 17.8. The molecule has 4 aromatic rings. The van der Waals surface area contributed by atoms with Gasteiger partial charge in [-0.15, -0.1) is 6.58 Å². The Balaban J connectivity index is 1.54. The molecule has 0 N–H and O–H groups in total. The Morgan fingerprint density at radius 1 is 1.07 bits per heavy atom. The van der Waals surface area contributed by atoms with Crippen molar-refractivity contribution in [2.24, 2.45) is 0 Å². The van der Waals surface area contributed by atoms with Gasteiger partial charge in [0.2, 0.25) is 0 Å². The zero-order valence-electron chi connectivity index (χ0n) is 17.0. The summed E-state index contributed by atoms with van der Waals surface area (Å²) < 4.78 is 19.1. The number of para-hydroxylation sites is 2. The molecule has 2 aromatic carbocycles. The minimum absolute atomic E-state index is 0.485. The summed E-state index contributed by atoms with van der Waals surface area (Å²) >= 11 is 0. The number of benzene rings is 2. The highest BCUT2D eigenvalue weighted by atomic mass is 16.5. The summed E-state index contributed by atoms with van der Waals surface area (Å²) in [6.07, 6.45) is 8.20. The molecular formula is C25H24N2O3. The lowest BCUT2D eigenvalue weighted by atomic mass is 10.1. The fraction of sp³-hybridized carbons (Fsp3) is 0.160. The minimum Gasteiger partial charge on any atom is -0.493 e. The number of fused-ring (bicyclic) bond motifs is 1. The van der Waals surface area contributed by atoms with Gasteiger partial charge in [0.15, 0.2) is 11.5 Å². The summed E-state index contributed by atoms with van der Waals surface area (Å²) in [4.78, 5) is 4.75. The smallest absolute Gasteiger partial charge is 0.161 e. The van der Waals surface area contributed by atoms with E-state index in [-0.39, 0.29) is 0 Å². The number of imidazole rings is 1. The zero-order valence-corrected chi connectivity index (χ0v) is 17.0. The quantitative estimate of drug-likeness (QED) is 0.342. The van der Waals surface area contributed by atoms with Crippen LogP contribution < -0.4 is 9.47 Å². The molecule has 152 valence electrons. The molecule has 0 aliphatic carbocycles. The van der Waals surface area contributed by atoms with Crippen molar-refractivity contribution in [2.75, 3.05) is 13.7 Å². The van der Waals surface area contributed by atoms with Gasteiger partial charge in [-0.05, 0) is 60.5 Å². The van der Waals surface area contributed by atoms with E-state index in [9.17, 15) is 0 Å². The number of methoxy groups -OCH3 is 1. The van der Waals surface area contributed by atoms with E-state index < -0.39 is 0 Å². The molecule has 0 saturated heterocycles. The highest BCUT2D eigenvalue weighted by molar-refractivity contribution is 5.79. The molecule has 0 fully saturated rings. The van der Waals surface area contributed by atoms with Gasteiger partial charge in [0.05, 0.1) is 31.0 Å². The fourth-order valence-corrected chi connectivity index (χ4v) is 3.37. The number of furan rings is 1. The molecule has 0 atom stereocenters. The van der Waals surface area contributed by atoms with Crippen LogP contribution in [-0.4, -0.2) is 23.3 Å². The molecule has 0 spiro atoms. The Morgan fingerprint density at radius 3 is 2.77 bits per heavy atom. The van der Waals surface area contributed by atoms with Crippen LogP contribution in [0.5, 0.6) is 11.5 Å². The van der Waals surface area contributed by atoms with Gasteiger partial charge >= 0.3 is 0 Å². The first-order chi connectivity index (χ1) is 14.8. The van der Waals surface area contributed by atoms with E-state index in [1.165, 1.54) is 0 Å². The van der Waals surface area contributed by atoms with E-state index in [1.807, 2.05) is 66.8 Å². The van der Waals surface area contributed by atoms with Crippen molar-refractivity contribution < 1.29 is 13.9 Å². The van der Waals surface area contributed by atoms with Gasteiger partial charge in [0, 0.05) is 0 Å². The number of aromatic nitrogens is 2. The average molecular weight is 400 g/mol. The van der Waals surface area contributed by atoms with Crippen LogP contribution in [0.1, 0.15) is 17.1 Å². The van der Waals surface area contributed by atoms with E-state index in [0.717, 1.165) is 46.1 Å². The predicted molar refractivity (Wildman–Crippen MR) is 120 cm³/mol. The lowest BCUT2D eigenvalue weighted by molar-refractivity contribution is 0.280. The van der Waals surface area contributed by atoms with Gasteiger partial charge in [-0.2, -0.15) is 0 Å². The molecule has 0 aliphatic heterocycles. The van der Waals surface area contributed by atoms with Crippen LogP contribution in [-0.2, 0) is 13.0 Å². The summed E-state index contributed by atoms with van der Waals surface area (Å²) in [5.74, 6) is 3.09. The molecule has 0 amide bonds. The highest BCUT2D eigenvalue weighted by Crippen LogP contribution is 2.28. The Hall–Kier alpha value is -3.73. The summed E-state index contributed by atoms with van der Waals surface area (Å²) in [7, 11) is 1.65. The lowest BCUT2D eigenvalue weighted by Gasteiger charge is -2.13. The van der Waals surface area contributed by atoms with Gasteiger partial charge in [-0.3, -0.25) is 0 Å². The van der Waals surface area contributed by atoms with Crippen molar-refractivity contribution in [2.45, 2.75) is 13.0 Å². The van der Waals surface area contributed by atoms with Gasteiger partial charge in [0.1, 0.15) is 18.2 Å². The van der Waals surface area contributed by atoms with E-state index in [1.54, 1.807) is 13.4 Å². The van der Waals surface area contributed by atoms with Gasteiger partial charge in [-0.1, -0.05) is 24.3 Å². The predicted octanol–water partition coefficient (Wildman–Crippen LogP) is 5.62. The van der Waals surface area contributed by atoms with Crippen molar-refractivity contribution in [3.63, 3.8) is 0 Å². The van der Waals surface area contributed by atoms with Crippen LogP contribution in [0.3, 0.4) is 0 Å². The molecule has 4 rings (SSSR count). The topological polar surface area (TPSA) is 49.4 Å². The maximum atomic E-state index is 6.05. The van der Waals surface area contributed by atoms with Crippen LogP contribution >= 0.6 is 0 Å². The number of hydrogen-bond acceptors (Lipinski definition) is 4. The average Bonchev–Trinajstić information content (AvgIpc) is 3.41. The molecule has 0 saturated carbocycles. The molecule has 5 nitrogen and oxygen atoms in total. The molecular weight excluding hydrogens is 376 g/mol. The molecule has 0 bridgehead atoms. The number of hydrogen-bond donors (Lipinski definition) is 0. The summed E-state index contributed by atoms with van der Waals surface area (Å²) in [5, 5.41) is 0. The summed E-state index contributed by atoms with van der Waals surface area (Å²) in [6.45, 7) is 4.92. The van der Waals surface area contributed by atoms with Crippen LogP contribution in [0.2, 0.25) is 0 Å². The third-order valence-electron chi connectivity index (χ3n) is 4.80. The number of nitrogens with zero attached hydrogens (tertiary/aromatic N) is 2. The Kier molecular flexibility index (Phi) is 5.99. The SMILES string of the molecule is C=CCc1ccc(OCCn2c(/C=C/c3ccco3)nc3ccccc32)c(OC)c1. The van der Waals surface area contributed by atoms with E-state index in [4.69, 9.17) is 18.9 Å². The molecule has 2 heterocycles. The van der Waals surface area contributed by atoms with Gasteiger partial charge < -0.3 is 18.5 Å². The zero-order chi connectivity index (χ0) is 20.8. The van der Waals surface area contributed by atoms with Crippen molar-refractivity contribution in [3.8, 4) is 11.5 Å². The van der Waals surface area contributed by atoms with Crippen LogP contribution in [0, 0.1) is 0 Å². The molecule has 30 heavy (non-hydrogen) atoms. The van der Waals surface area contributed by atoms with Crippen LogP contribution in [0.25, 0.3) is 23.2 Å². The second-order valence-electron chi connectivity index (χ2n) is 6.79. The number of rotatable bonds is 9. The molecule has 0 unspecified atom stereocenters. The van der Waals surface area contributed by atoms with Gasteiger partial charge in [0.25, 0.3) is 0 Å². The van der Waals surface area contributed by atoms with Crippen molar-refractivity contribution in [1.82, 2.24) is 9.55 Å². The molecule has 0 aliphatic rings. The van der Waals surface area contributed by atoms with Crippen molar-refractivity contribution >= 4 is 23.2 Å². The number of allylic oxidation sites excluding steroid dienone is 1. The summed E-state index contributed by atoms with van der Waals surface area (Å²) in [5.41, 5.74) is 3.15. The largest absolute Gasteiger partial charge is 0.493 e. The second-order valence-corrected chi connectivity index (χ2v) is 6.79. The van der Waals surface area contributed by atoms with Crippen LogP contribution in [0.4, 0.5) is 0 Å². The number of ether oxygens (including phenoxy) is 2. The Morgan fingerprint density at radius 2 is 1.97 bits per heavy atom. The van der Waals surface area contributed by atoms with Crippen LogP contribution in [0.15, 0.2) is 77.9 Å². The van der Waals surface area contributed by atoms with E-state index in [2.05, 4.69) is 17.2 Å². The molecule has 0 radical (unpaired) electrons. The minimum atomic E-state index is 0.485. The lowest BCUT2D eigenvalue weighted by Crippen LogP contribution is -2.10. The first-order valence-electron chi connectivity index (χ1n) is 9.86. The van der Waals surface area contributed by atoms with E-state index >= 15 is 0 Å². The normalized spacial score (nSPS) is 11.2. The highest BCUT2D eigenvalue weighted by Gasteiger charge is 2.10. The first kappa shape index (κ1) is 19.6. The Labute approximate surface area is 175 Å². The Bertz CT molecular complexity index is 1160. The maximum Gasteiger partial charge on any atom is 0.161 e. The third-order valence-corrected chi connectivity index (χ3v) is 4.80. The standard InChI is InChI=1S/C25H24N2O3/c1-3-7-19-11-13-23(24(18-19)28-2)30-17-15-27-22-10-5-4-9-21(22)26-25(27)14-12-20-8-6-16-29-20/h3-6,8-14,16,18H,1,7,15,17H2,2H3/b14-12+. The molecule has 2 aromatic heterocycles. The second kappa shape index (κ2) is 9.18.